The minimum Gasteiger partial charge on any atom is -0.496 e. The minimum atomic E-state index is -0.227. The monoisotopic (exact) mass is 455 g/mol. The lowest BCUT2D eigenvalue weighted by Gasteiger charge is -2.31. The first-order valence-corrected chi connectivity index (χ1v) is 11.8. The number of ether oxygens (including phenoxy) is 1. The van der Waals surface area contributed by atoms with Gasteiger partial charge in [-0.05, 0) is 71.3 Å². The van der Waals surface area contributed by atoms with Gasteiger partial charge in [0.25, 0.3) is 5.91 Å². The number of aryl methyl sites for hydroxylation is 1. The van der Waals surface area contributed by atoms with Gasteiger partial charge in [-0.25, -0.2) is 5.43 Å². The van der Waals surface area contributed by atoms with Crippen LogP contribution >= 0.6 is 0 Å². The molecule has 1 heterocycles. The Labute approximate surface area is 202 Å². The first-order valence-electron chi connectivity index (χ1n) is 11.8. The number of anilines is 1. The van der Waals surface area contributed by atoms with Gasteiger partial charge in [-0.1, -0.05) is 51.1 Å². The number of benzene rings is 3. The number of carbonyl (C=O) groups excluding carboxylic acids is 1. The van der Waals surface area contributed by atoms with E-state index in [1.807, 2.05) is 36.4 Å². The average molecular weight is 456 g/mol. The number of methoxy groups -OCH3 is 1. The molecule has 0 fully saturated rings. The average Bonchev–Trinajstić information content (AvgIpc) is 2.84. The number of rotatable bonds is 6. The molecule has 1 aliphatic rings. The molecule has 0 aliphatic carbocycles. The van der Waals surface area contributed by atoms with Gasteiger partial charge in [-0.2, -0.15) is 5.10 Å². The van der Waals surface area contributed by atoms with E-state index < -0.39 is 0 Å². The molecule has 0 saturated heterocycles. The highest BCUT2D eigenvalue weighted by atomic mass is 16.5. The zero-order valence-electron chi connectivity index (χ0n) is 20.5. The van der Waals surface area contributed by atoms with Gasteiger partial charge in [0.2, 0.25) is 0 Å². The summed E-state index contributed by atoms with van der Waals surface area (Å²) in [6.07, 6.45) is 3.94. The van der Waals surface area contributed by atoms with Crippen molar-refractivity contribution >= 4 is 17.8 Å². The van der Waals surface area contributed by atoms with E-state index in [-0.39, 0.29) is 11.3 Å². The highest BCUT2D eigenvalue weighted by Crippen LogP contribution is 2.30. The van der Waals surface area contributed by atoms with Gasteiger partial charge in [0.1, 0.15) is 5.75 Å². The third kappa shape index (κ3) is 5.48. The number of nitrogens with zero attached hydrogens (tertiary/aromatic N) is 2. The second-order valence-electron chi connectivity index (χ2n) is 9.75. The van der Waals surface area contributed by atoms with Crippen molar-refractivity contribution in [1.82, 2.24) is 5.43 Å². The van der Waals surface area contributed by atoms with E-state index in [1.165, 1.54) is 16.8 Å². The topological polar surface area (TPSA) is 53.9 Å². The molecule has 0 aromatic heterocycles. The standard InChI is InChI=1S/C29H33N3O2/c1-29(2,3)25-14-12-23(13-15-25)28(33)31-30-19-21-11-16-27(34-4)24(18-21)20-32-17-7-9-22-8-5-6-10-26(22)32/h5-6,8,10-16,18-19H,7,9,17,20H2,1-4H3,(H,31,33). The Bertz CT molecular complexity index is 1180. The highest BCUT2D eigenvalue weighted by Gasteiger charge is 2.18. The quantitative estimate of drug-likeness (QED) is 0.383. The molecule has 5 heteroatoms. The SMILES string of the molecule is COc1ccc(C=NNC(=O)c2ccc(C(C)(C)C)cc2)cc1CN1CCCc2ccccc21. The van der Waals surface area contributed by atoms with Crippen LogP contribution in [0.2, 0.25) is 0 Å². The molecular weight excluding hydrogens is 422 g/mol. The van der Waals surface area contributed by atoms with Crippen LogP contribution in [0.5, 0.6) is 5.75 Å². The summed E-state index contributed by atoms with van der Waals surface area (Å²) in [6.45, 7) is 8.23. The number of amides is 1. The van der Waals surface area contributed by atoms with Crippen molar-refractivity contribution < 1.29 is 9.53 Å². The second-order valence-corrected chi connectivity index (χ2v) is 9.75. The minimum absolute atomic E-state index is 0.0511. The first-order chi connectivity index (χ1) is 16.3. The molecule has 5 nitrogen and oxygen atoms in total. The molecule has 0 spiro atoms. The Morgan fingerprint density at radius 1 is 1.09 bits per heavy atom. The van der Waals surface area contributed by atoms with Crippen LogP contribution in [0, 0.1) is 0 Å². The fourth-order valence-electron chi connectivity index (χ4n) is 4.34. The van der Waals surface area contributed by atoms with Crippen LogP contribution in [0.1, 0.15) is 59.8 Å². The maximum absolute atomic E-state index is 12.5. The predicted molar refractivity (Wildman–Crippen MR) is 139 cm³/mol. The molecule has 34 heavy (non-hydrogen) atoms. The number of hydrogen-bond donors (Lipinski definition) is 1. The third-order valence-electron chi connectivity index (χ3n) is 6.26. The lowest BCUT2D eigenvalue weighted by atomic mass is 9.87. The molecule has 0 radical (unpaired) electrons. The zero-order valence-corrected chi connectivity index (χ0v) is 20.5. The van der Waals surface area contributed by atoms with E-state index in [1.54, 1.807) is 13.3 Å². The van der Waals surface area contributed by atoms with Gasteiger partial charge in [-0.3, -0.25) is 4.79 Å². The van der Waals surface area contributed by atoms with Crippen molar-refractivity contribution in [3.8, 4) is 5.75 Å². The molecular formula is C29H33N3O2. The van der Waals surface area contributed by atoms with Crippen LogP contribution in [0.15, 0.2) is 71.8 Å². The van der Waals surface area contributed by atoms with Crippen molar-refractivity contribution in [3.05, 3.63) is 94.5 Å². The highest BCUT2D eigenvalue weighted by molar-refractivity contribution is 5.95. The molecule has 176 valence electrons. The summed E-state index contributed by atoms with van der Waals surface area (Å²) in [5, 5.41) is 4.19. The van der Waals surface area contributed by atoms with Crippen molar-refractivity contribution in [2.45, 2.75) is 45.6 Å². The Hall–Kier alpha value is -3.60. The summed E-state index contributed by atoms with van der Waals surface area (Å²) < 4.78 is 5.62. The van der Waals surface area contributed by atoms with Crippen molar-refractivity contribution in [1.29, 1.82) is 0 Å². The molecule has 3 aromatic carbocycles. The molecule has 1 amide bonds. The fraction of sp³-hybridized carbons (Fsp3) is 0.310. The van der Waals surface area contributed by atoms with Gasteiger partial charge < -0.3 is 9.64 Å². The number of para-hydroxylation sites is 1. The van der Waals surface area contributed by atoms with Gasteiger partial charge in [-0.15, -0.1) is 0 Å². The maximum Gasteiger partial charge on any atom is 0.271 e. The molecule has 1 aliphatic heterocycles. The maximum atomic E-state index is 12.5. The van der Waals surface area contributed by atoms with Crippen molar-refractivity contribution in [2.24, 2.45) is 5.10 Å². The van der Waals surface area contributed by atoms with Gasteiger partial charge in [0, 0.05) is 29.9 Å². The van der Waals surface area contributed by atoms with Gasteiger partial charge in [0.05, 0.1) is 13.3 Å². The van der Waals surface area contributed by atoms with Crippen LogP contribution < -0.4 is 15.1 Å². The molecule has 0 bridgehead atoms. The largest absolute Gasteiger partial charge is 0.496 e. The summed E-state index contributed by atoms with van der Waals surface area (Å²) in [7, 11) is 1.70. The number of carbonyl (C=O) groups is 1. The van der Waals surface area contributed by atoms with Crippen LogP contribution in [0.4, 0.5) is 5.69 Å². The molecule has 0 saturated carbocycles. The van der Waals surface area contributed by atoms with E-state index in [9.17, 15) is 4.79 Å². The van der Waals surface area contributed by atoms with E-state index >= 15 is 0 Å². The number of hydrogen-bond acceptors (Lipinski definition) is 4. The smallest absolute Gasteiger partial charge is 0.271 e. The Morgan fingerprint density at radius 2 is 1.85 bits per heavy atom. The Kier molecular flexibility index (Phi) is 7.01. The van der Waals surface area contributed by atoms with E-state index in [4.69, 9.17) is 4.74 Å². The summed E-state index contributed by atoms with van der Waals surface area (Å²) >= 11 is 0. The summed E-state index contributed by atoms with van der Waals surface area (Å²) in [5.74, 6) is 0.624. The van der Waals surface area contributed by atoms with Crippen LogP contribution in [0.25, 0.3) is 0 Å². The number of nitrogens with one attached hydrogen (secondary N) is 1. The van der Waals surface area contributed by atoms with Crippen molar-refractivity contribution in [2.75, 3.05) is 18.6 Å². The van der Waals surface area contributed by atoms with Crippen LogP contribution in [-0.2, 0) is 18.4 Å². The molecule has 3 aromatic rings. The van der Waals surface area contributed by atoms with Gasteiger partial charge >= 0.3 is 0 Å². The predicted octanol–water partition coefficient (Wildman–Crippen LogP) is 5.71. The Morgan fingerprint density at radius 3 is 2.59 bits per heavy atom. The number of fused-ring (bicyclic) bond motifs is 1. The van der Waals surface area contributed by atoms with Crippen LogP contribution in [-0.4, -0.2) is 25.8 Å². The fourth-order valence-corrected chi connectivity index (χ4v) is 4.34. The second kappa shape index (κ2) is 10.1. The zero-order chi connectivity index (χ0) is 24.1. The van der Waals surface area contributed by atoms with Crippen LogP contribution in [0.3, 0.4) is 0 Å². The van der Waals surface area contributed by atoms with Crippen molar-refractivity contribution in [3.63, 3.8) is 0 Å². The lowest BCUT2D eigenvalue weighted by Crippen LogP contribution is -2.29. The molecule has 0 atom stereocenters. The normalized spacial score (nSPS) is 13.6. The first kappa shape index (κ1) is 23.6. The summed E-state index contributed by atoms with van der Waals surface area (Å²) in [6, 6.07) is 22.2. The van der Waals surface area contributed by atoms with E-state index in [0.717, 1.165) is 42.8 Å². The number of hydrazone groups is 1. The molecule has 0 unspecified atom stereocenters. The Balaban J connectivity index is 1.45. The molecule has 4 rings (SSSR count). The van der Waals surface area contributed by atoms with Gasteiger partial charge in [0.15, 0.2) is 0 Å². The van der Waals surface area contributed by atoms with E-state index in [2.05, 4.69) is 66.5 Å². The van der Waals surface area contributed by atoms with E-state index in [0.29, 0.717) is 5.56 Å². The molecule has 1 N–H and O–H groups in total. The lowest BCUT2D eigenvalue weighted by molar-refractivity contribution is 0.0955. The summed E-state index contributed by atoms with van der Waals surface area (Å²) in [4.78, 5) is 14.9. The third-order valence-corrected chi connectivity index (χ3v) is 6.26. The summed E-state index contributed by atoms with van der Waals surface area (Å²) in [5.41, 5.74) is 9.15.